The highest BCUT2D eigenvalue weighted by molar-refractivity contribution is 7.95. The van der Waals surface area contributed by atoms with E-state index in [-0.39, 0.29) is 10.8 Å². The van der Waals surface area contributed by atoms with Gasteiger partial charge in [0.2, 0.25) is 0 Å². The van der Waals surface area contributed by atoms with Gasteiger partial charge in [0.25, 0.3) is 0 Å². The van der Waals surface area contributed by atoms with Gasteiger partial charge < -0.3 is 4.90 Å². The second-order valence-corrected chi connectivity index (χ2v) is 6.52. The molecule has 0 bridgehead atoms. The summed E-state index contributed by atoms with van der Waals surface area (Å²) >= 11 is 0. The second kappa shape index (κ2) is 4.35. The SMILES string of the molecule is C=C(N1CCC(=O)CC1)S(=O)(=O)C(C)C. The fourth-order valence-corrected chi connectivity index (χ4v) is 2.54. The Morgan fingerprint density at radius 1 is 1.33 bits per heavy atom. The fraction of sp³-hybridized carbons (Fsp3) is 0.700. The number of hydrogen-bond donors (Lipinski definition) is 0. The van der Waals surface area contributed by atoms with Crippen LogP contribution >= 0.6 is 0 Å². The molecule has 0 aromatic carbocycles. The molecule has 1 saturated heterocycles. The third kappa shape index (κ3) is 2.59. The van der Waals surface area contributed by atoms with E-state index in [1.807, 2.05) is 0 Å². The molecule has 0 unspecified atom stereocenters. The van der Waals surface area contributed by atoms with E-state index in [4.69, 9.17) is 0 Å². The minimum Gasteiger partial charge on any atom is -0.362 e. The van der Waals surface area contributed by atoms with Gasteiger partial charge in [-0.1, -0.05) is 6.58 Å². The Morgan fingerprint density at radius 3 is 2.20 bits per heavy atom. The number of Topliss-reactive ketones (excluding diaryl/α,β-unsaturated/α-hetero) is 1. The lowest BCUT2D eigenvalue weighted by atomic mass is 10.1. The average Bonchev–Trinajstić information content (AvgIpc) is 2.17. The van der Waals surface area contributed by atoms with E-state index in [0.29, 0.717) is 25.9 Å². The van der Waals surface area contributed by atoms with Gasteiger partial charge in [-0.15, -0.1) is 0 Å². The summed E-state index contributed by atoms with van der Waals surface area (Å²) in [5.74, 6) is 0.195. The Kier molecular flexibility index (Phi) is 3.54. The molecule has 4 nitrogen and oxygen atoms in total. The molecule has 0 amide bonds. The number of sulfone groups is 1. The number of rotatable bonds is 3. The van der Waals surface area contributed by atoms with Crippen LogP contribution in [0.4, 0.5) is 0 Å². The van der Waals surface area contributed by atoms with Crippen LogP contribution in [-0.2, 0) is 14.6 Å². The van der Waals surface area contributed by atoms with E-state index in [9.17, 15) is 13.2 Å². The topological polar surface area (TPSA) is 54.5 Å². The first-order chi connectivity index (χ1) is 6.85. The van der Waals surface area contributed by atoms with Gasteiger partial charge >= 0.3 is 0 Å². The first kappa shape index (κ1) is 12.2. The van der Waals surface area contributed by atoms with E-state index in [1.165, 1.54) is 0 Å². The maximum atomic E-state index is 11.8. The molecule has 86 valence electrons. The van der Waals surface area contributed by atoms with Crippen LogP contribution in [0.2, 0.25) is 0 Å². The molecule has 0 atom stereocenters. The molecule has 1 fully saturated rings. The molecule has 0 aromatic rings. The van der Waals surface area contributed by atoms with E-state index < -0.39 is 15.1 Å². The molecule has 0 spiro atoms. The molecular weight excluding hydrogens is 214 g/mol. The summed E-state index contributed by atoms with van der Waals surface area (Å²) < 4.78 is 23.6. The zero-order chi connectivity index (χ0) is 11.6. The van der Waals surface area contributed by atoms with Gasteiger partial charge in [0.1, 0.15) is 10.8 Å². The molecule has 1 rings (SSSR count). The third-order valence-corrected chi connectivity index (χ3v) is 4.78. The van der Waals surface area contributed by atoms with Gasteiger partial charge in [-0.25, -0.2) is 8.42 Å². The molecule has 0 radical (unpaired) electrons. The van der Waals surface area contributed by atoms with E-state index >= 15 is 0 Å². The fourth-order valence-electron chi connectivity index (χ4n) is 1.46. The van der Waals surface area contributed by atoms with Gasteiger partial charge in [0, 0.05) is 25.9 Å². The number of ketones is 1. The summed E-state index contributed by atoms with van der Waals surface area (Å²) in [7, 11) is -3.27. The molecule has 5 heteroatoms. The quantitative estimate of drug-likeness (QED) is 0.725. The smallest absolute Gasteiger partial charge is 0.195 e. The van der Waals surface area contributed by atoms with E-state index in [1.54, 1.807) is 18.7 Å². The number of nitrogens with zero attached hydrogens (tertiary/aromatic N) is 1. The number of likely N-dealkylation sites (tertiary alicyclic amines) is 1. The summed E-state index contributed by atoms with van der Waals surface area (Å²) in [6.45, 7) is 7.84. The molecule has 0 N–H and O–H groups in total. The minimum atomic E-state index is -3.27. The Bertz CT molecular complexity index is 360. The molecule has 0 saturated carbocycles. The van der Waals surface area contributed by atoms with Gasteiger partial charge in [-0.3, -0.25) is 4.79 Å². The average molecular weight is 231 g/mol. The standard InChI is InChI=1S/C10H17NO3S/c1-8(2)15(13,14)9(3)11-6-4-10(12)5-7-11/h8H,3-7H2,1-2H3. The van der Waals surface area contributed by atoms with Crippen LogP contribution < -0.4 is 0 Å². The predicted octanol–water partition coefficient (Wildman–Crippen LogP) is 0.946. The van der Waals surface area contributed by atoms with Gasteiger partial charge in [-0.05, 0) is 13.8 Å². The monoisotopic (exact) mass is 231 g/mol. The lowest BCUT2D eigenvalue weighted by Crippen LogP contribution is -2.37. The maximum Gasteiger partial charge on any atom is 0.195 e. The number of hydrogen-bond acceptors (Lipinski definition) is 4. The Balaban J connectivity index is 2.74. The molecule has 0 aliphatic carbocycles. The number of carbonyl (C=O) groups is 1. The van der Waals surface area contributed by atoms with Gasteiger partial charge in [-0.2, -0.15) is 0 Å². The van der Waals surface area contributed by atoms with E-state index in [0.717, 1.165) is 0 Å². The van der Waals surface area contributed by atoms with Crippen LogP contribution in [0.1, 0.15) is 26.7 Å². The Morgan fingerprint density at radius 2 is 1.80 bits per heavy atom. The van der Waals surface area contributed by atoms with Crippen molar-refractivity contribution in [3.8, 4) is 0 Å². The number of carbonyl (C=O) groups excluding carboxylic acids is 1. The van der Waals surface area contributed by atoms with E-state index in [2.05, 4.69) is 6.58 Å². The first-order valence-electron chi connectivity index (χ1n) is 5.05. The third-order valence-electron chi connectivity index (χ3n) is 2.62. The summed E-state index contributed by atoms with van der Waals surface area (Å²) in [6, 6.07) is 0. The van der Waals surface area contributed by atoms with Crippen LogP contribution in [0.25, 0.3) is 0 Å². The van der Waals surface area contributed by atoms with Crippen molar-refractivity contribution in [3.05, 3.63) is 11.6 Å². The summed E-state index contributed by atoms with van der Waals surface area (Å²) in [5.41, 5.74) is 0. The zero-order valence-corrected chi connectivity index (χ0v) is 10.0. The van der Waals surface area contributed by atoms with Crippen LogP contribution in [0.5, 0.6) is 0 Å². The van der Waals surface area contributed by atoms with Crippen molar-refractivity contribution in [1.29, 1.82) is 0 Å². The van der Waals surface area contributed by atoms with Crippen molar-refractivity contribution in [3.63, 3.8) is 0 Å². The Labute approximate surface area is 90.9 Å². The second-order valence-electron chi connectivity index (χ2n) is 4.01. The molecule has 1 heterocycles. The van der Waals surface area contributed by atoms with Crippen LogP contribution in [0, 0.1) is 0 Å². The van der Waals surface area contributed by atoms with Crippen molar-refractivity contribution in [1.82, 2.24) is 4.90 Å². The zero-order valence-electron chi connectivity index (χ0n) is 9.19. The van der Waals surface area contributed by atoms with Crippen molar-refractivity contribution in [2.45, 2.75) is 31.9 Å². The van der Waals surface area contributed by atoms with Gasteiger partial charge in [0.05, 0.1) is 5.25 Å². The molecule has 1 aliphatic heterocycles. The first-order valence-corrected chi connectivity index (χ1v) is 6.60. The summed E-state index contributed by atoms with van der Waals surface area (Å²) in [6.07, 6.45) is 0.846. The lowest BCUT2D eigenvalue weighted by Gasteiger charge is -2.30. The highest BCUT2D eigenvalue weighted by Crippen LogP contribution is 2.19. The van der Waals surface area contributed by atoms with Crippen LogP contribution in [-0.4, -0.2) is 37.4 Å². The molecule has 15 heavy (non-hydrogen) atoms. The highest BCUT2D eigenvalue weighted by atomic mass is 32.2. The van der Waals surface area contributed by atoms with Crippen LogP contribution in [0.3, 0.4) is 0 Å². The summed E-state index contributed by atoms with van der Waals surface area (Å²) in [5, 5.41) is -0.298. The number of piperidine rings is 1. The minimum absolute atomic E-state index is 0.157. The largest absolute Gasteiger partial charge is 0.362 e. The molecule has 1 aliphatic rings. The predicted molar refractivity (Wildman–Crippen MR) is 59.0 cm³/mol. The van der Waals surface area contributed by atoms with Crippen molar-refractivity contribution < 1.29 is 13.2 Å². The highest BCUT2D eigenvalue weighted by Gasteiger charge is 2.27. The normalized spacial score (nSPS) is 18.3. The maximum absolute atomic E-state index is 11.8. The van der Waals surface area contributed by atoms with Crippen molar-refractivity contribution in [2.75, 3.05) is 13.1 Å². The van der Waals surface area contributed by atoms with Crippen LogP contribution in [0.15, 0.2) is 11.6 Å². The molecular formula is C10H17NO3S. The van der Waals surface area contributed by atoms with Gasteiger partial charge in [0.15, 0.2) is 9.84 Å². The molecule has 0 aromatic heterocycles. The lowest BCUT2D eigenvalue weighted by molar-refractivity contribution is -0.121. The van der Waals surface area contributed by atoms with Crippen molar-refractivity contribution in [2.24, 2.45) is 0 Å². The summed E-state index contributed by atoms with van der Waals surface area (Å²) in [4.78, 5) is 12.7. The van der Waals surface area contributed by atoms with Crippen molar-refractivity contribution >= 4 is 15.6 Å². The Hall–Kier alpha value is -0.840.